The molecule has 1 aromatic carbocycles. The number of urea groups is 1. The van der Waals surface area contributed by atoms with E-state index in [-0.39, 0.29) is 12.6 Å². The van der Waals surface area contributed by atoms with E-state index in [9.17, 15) is 4.79 Å². The molecule has 0 aromatic heterocycles. The highest BCUT2D eigenvalue weighted by Crippen LogP contribution is 2.25. The predicted octanol–water partition coefficient (Wildman–Crippen LogP) is 2.95. The first kappa shape index (κ1) is 14.3. The Hall–Kier alpha value is -0.780. The molecule has 0 aliphatic rings. The second-order valence-corrected chi connectivity index (χ2v) is 4.68. The van der Waals surface area contributed by atoms with Gasteiger partial charge >= 0.3 is 6.03 Å². The maximum atomic E-state index is 11.8. The highest BCUT2D eigenvalue weighted by atomic mass is 79.9. The molecule has 0 aliphatic carbocycles. The third-order valence-electron chi connectivity index (χ3n) is 2.21. The maximum Gasteiger partial charge on any atom is 0.321 e. The lowest BCUT2D eigenvalue weighted by Crippen LogP contribution is -2.36. The van der Waals surface area contributed by atoms with E-state index in [1.807, 2.05) is 6.92 Å². The minimum Gasteiger partial charge on any atom is -0.395 e. The molecule has 1 aromatic rings. The molecule has 0 radical (unpaired) electrons. The van der Waals surface area contributed by atoms with Gasteiger partial charge in [-0.05, 0) is 25.1 Å². The van der Waals surface area contributed by atoms with Crippen LogP contribution in [0.5, 0.6) is 0 Å². The zero-order valence-electron chi connectivity index (χ0n) is 9.41. The summed E-state index contributed by atoms with van der Waals surface area (Å²) in [4.78, 5) is 13.3. The number of hydrogen-bond donors (Lipinski definition) is 2. The molecule has 17 heavy (non-hydrogen) atoms. The van der Waals surface area contributed by atoms with E-state index in [1.54, 1.807) is 18.2 Å². The Morgan fingerprint density at radius 3 is 2.82 bits per heavy atom. The van der Waals surface area contributed by atoms with Gasteiger partial charge in [-0.1, -0.05) is 27.5 Å². The first-order valence-corrected chi connectivity index (χ1v) is 6.37. The summed E-state index contributed by atoms with van der Waals surface area (Å²) in [5, 5.41) is 12.0. The van der Waals surface area contributed by atoms with Gasteiger partial charge in [-0.25, -0.2) is 4.79 Å². The number of rotatable bonds is 4. The van der Waals surface area contributed by atoms with E-state index < -0.39 is 0 Å². The van der Waals surface area contributed by atoms with Crippen LogP contribution in [0.15, 0.2) is 22.7 Å². The van der Waals surface area contributed by atoms with E-state index in [2.05, 4.69) is 21.2 Å². The Morgan fingerprint density at radius 2 is 2.29 bits per heavy atom. The van der Waals surface area contributed by atoms with Crippen molar-refractivity contribution in [2.24, 2.45) is 0 Å². The summed E-state index contributed by atoms with van der Waals surface area (Å²) in [6.07, 6.45) is 0. The van der Waals surface area contributed by atoms with Crippen molar-refractivity contribution in [2.45, 2.75) is 6.92 Å². The molecule has 0 fully saturated rings. The number of carbonyl (C=O) groups is 1. The van der Waals surface area contributed by atoms with Crippen molar-refractivity contribution in [2.75, 3.05) is 25.0 Å². The number of benzene rings is 1. The first-order chi connectivity index (χ1) is 8.08. The van der Waals surface area contributed by atoms with Crippen molar-refractivity contribution in [3.05, 3.63) is 27.7 Å². The van der Waals surface area contributed by atoms with Gasteiger partial charge in [-0.3, -0.25) is 0 Å². The predicted molar refractivity (Wildman–Crippen MR) is 72.5 cm³/mol. The third-order valence-corrected chi connectivity index (χ3v) is 3.02. The Bertz CT molecular complexity index is 401. The molecule has 0 spiro atoms. The SMILES string of the molecule is CCN(CCO)C(=O)Nc1ccc(Br)cc1Cl. The number of amides is 2. The van der Waals surface area contributed by atoms with E-state index in [0.29, 0.717) is 23.8 Å². The fourth-order valence-electron chi connectivity index (χ4n) is 1.31. The van der Waals surface area contributed by atoms with Crippen LogP contribution in [0.25, 0.3) is 0 Å². The maximum absolute atomic E-state index is 11.8. The van der Waals surface area contributed by atoms with Crippen LogP contribution in [0.4, 0.5) is 10.5 Å². The second-order valence-electron chi connectivity index (χ2n) is 3.36. The fraction of sp³-hybridized carbons (Fsp3) is 0.364. The molecule has 1 rings (SSSR count). The quantitative estimate of drug-likeness (QED) is 0.896. The molecular formula is C11H14BrClN2O2. The molecule has 0 saturated carbocycles. The molecule has 0 bridgehead atoms. The molecule has 0 unspecified atom stereocenters. The number of carbonyl (C=O) groups excluding carboxylic acids is 1. The van der Waals surface area contributed by atoms with Gasteiger partial charge in [0.2, 0.25) is 0 Å². The first-order valence-electron chi connectivity index (χ1n) is 5.20. The zero-order valence-corrected chi connectivity index (χ0v) is 11.8. The monoisotopic (exact) mass is 320 g/mol. The summed E-state index contributed by atoms with van der Waals surface area (Å²) in [5.74, 6) is 0. The molecule has 2 amide bonds. The molecule has 0 atom stereocenters. The summed E-state index contributed by atoms with van der Waals surface area (Å²) < 4.78 is 0.850. The van der Waals surface area contributed by atoms with E-state index >= 15 is 0 Å². The summed E-state index contributed by atoms with van der Waals surface area (Å²) in [6.45, 7) is 2.62. The van der Waals surface area contributed by atoms with Crippen LogP contribution < -0.4 is 5.32 Å². The molecule has 0 heterocycles. The normalized spacial score (nSPS) is 10.1. The Labute approximate surface area is 114 Å². The van der Waals surface area contributed by atoms with Crippen LogP contribution in [0.2, 0.25) is 5.02 Å². The Balaban J connectivity index is 2.73. The highest BCUT2D eigenvalue weighted by Gasteiger charge is 2.12. The number of aliphatic hydroxyl groups is 1. The van der Waals surface area contributed by atoms with Crippen molar-refractivity contribution in [3.63, 3.8) is 0 Å². The minimum absolute atomic E-state index is 0.0602. The van der Waals surface area contributed by atoms with Crippen LogP contribution >= 0.6 is 27.5 Å². The van der Waals surface area contributed by atoms with Gasteiger partial charge in [0.05, 0.1) is 17.3 Å². The van der Waals surface area contributed by atoms with E-state index in [0.717, 1.165) is 4.47 Å². The van der Waals surface area contributed by atoms with Crippen molar-refractivity contribution in [1.82, 2.24) is 4.90 Å². The lowest BCUT2D eigenvalue weighted by Gasteiger charge is -2.20. The molecule has 0 aliphatic heterocycles. The van der Waals surface area contributed by atoms with Gasteiger partial charge in [-0.15, -0.1) is 0 Å². The second kappa shape index (κ2) is 6.83. The third kappa shape index (κ3) is 4.18. The topological polar surface area (TPSA) is 52.6 Å². The summed E-state index contributed by atoms with van der Waals surface area (Å²) in [6, 6.07) is 4.95. The minimum atomic E-state index is -0.272. The molecule has 0 saturated heterocycles. The standard InChI is InChI=1S/C11H14BrClN2O2/c1-2-15(5-6-16)11(17)14-10-4-3-8(12)7-9(10)13/h3-4,7,16H,2,5-6H2,1H3,(H,14,17). The van der Waals surface area contributed by atoms with Gasteiger partial charge in [0.25, 0.3) is 0 Å². The average Bonchev–Trinajstić information content (AvgIpc) is 2.29. The van der Waals surface area contributed by atoms with Crippen LogP contribution in [0.3, 0.4) is 0 Å². The van der Waals surface area contributed by atoms with Gasteiger partial charge in [0.1, 0.15) is 0 Å². The van der Waals surface area contributed by atoms with Crippen LogP contribution in [0.1, 0.15) is 6.92 Å². The van der Waals surface area contributed by atoms with Gasteiger partial charge < -0.3 is 15.3 Å². The van der Waals surface area contributed by atoms with Crippen molar-refractivity contribution >= 4 is 39.2 Å². The number of nitrogens with zero attached hydrogens (tertiary/aromatic N) is 1. The lowest BCUT2D eigenvalue weighted by atomic mass is 10.3. The Morgan fingerprint density at radius 1 is 1.59 bits per heavy atom. The fourth-order valence-corrected chi connectivity index (χ4v) is 2.03. The number of aliphatic hydroxyl groups excluding tert-OH is 1. The van der Waals surface area contributed by atoms with Crippen LogP contribution in [0, 0.1) is 0 Å². The van der Waals surface area contributed by atoms with E-state index in [4.69, 9.17) is 16.7 Å². The van der Waals surface area contributed by atoms with Crippen molar-refractivity contribution in [3.8, 4) is 0 Å². The summed E-state index contributed by atoms with van der Waals surface area (Å²) in [7, 11) is 0. The lowest BCUT2D eigenvalue weighted by molar-refractivity contribution is 0.192. The number of nitrogens with one attached hydrogen (secondary N) is 1. The van der Waals surface area contributed by atoms with Crippen LogP contribution in [-0.4, -0.2) is 35.7 Å². The zero-order chi connectivity index (χ0) is 12.8. The van der Waals surface area contributed by atoms with E-state index in [1.165, 1.54) is 4.90 Å². The number of likely N-dealkylation sites (N-methyl/N-ethyl adjacent to an activating group) is 1. The van der Waals surface area contributed by atoms with Gasteiger partial charge in [0.15, 0.2) is 0 Å². The van der Waals surface area contributed by atoms with Gasteiger partial charge in [0, 0.05) is 17.6 Å². The highest BCUT2D eigenvalue weighted by molar-refractivity contribution is 9.10. The molecule has 94 valence electrons. The molecular weight excluding hydrogens is 307 g/mol. The molecule has 6 heteroatoms. The average molecular weight is 322 g/mol. The molecule has 4 nitrogen and oxygen atoms in total. The largest absolute Gasteiger partial charge is 0.395 e. The smallest absolute Gasteiger partial charge is 0.321 e. The Kier molecular flexibility index (Phi) is 5.74. The number of halogens is 2. The number of hydrogen-bond acceptors (Lipinski definition) is 2. The summed E-state index contributed by atoms with van der Waals surface area (Å²) >= 11 is 9.28. The van der Waals surface area contributed by atoms with Crippen molar-refractivity contribution < 1.29 is 9.90 Å². The molecule has 2 N–H and O–H groups in total. The summed E-state index contributed by atoms with van der Waals surface area (Å²) in [5.41, 5.74) is 0.552. The van der Waals surface area contributed by atoms with Gasteiger partial charge in [-0.2, -0.15) is 0 Å². The van der Waals surface area contributed by atoms with Crippen molar-refractivity contribution in [1.29, 1.82) is 0 Å². The number of anilines is 1. The van der Waals surface area contributed by atoms with Crippen LogP contribution in [-0.2, 0) is 0 Å².